The standard InChI is InChI=1S/C18H22ClN3O/c19-15-5-6-18-14(9-15)11-21(7-8-23-18)12-17-10-20-13-22(17)16-3-1-2-4-16/h5-6,9-10,13,16H,1-4,7-8,11-12H2. The number of imidazole rings is 1. The molecule has 1 aromatic carbocycles. The van der Waals surface area contributed by atoms with E-state index in [-0.39, 0.29) is 0 Å². The van der Waals surface area contributed by atoms with Crippen LogP contribution in [0.4, 0.5) is 0 Å². The predicted molar refractivity (Wildman–Crippen MR) is 90.8 cm³/mol. The first-order chi connectivity index (χ1) is 11.3. The molecule has 0 atom stereocenters. The number of aromatic nitrogens is 2. The maximum absolute atomic E-state index is 6.14. The topological polar surface area (TPSA) is 30.3 Å². The van der Waals surface area contributed by atoms with Crippen molar-refractivity contribution in [2.45, 2.75) is 44.8 Å². The molecule has 122 valence electrons. The van der Waals surface area contributed by atoms with Gasteiger partial charge in [-0.1, -0.05) is 24.4 Å². The van der Waals surface area contributed by atoms with Crippen LogP contribution in [0, 0.1) is 0 Å². The van der Waals surface area contributed by atoms with Gasteiger partial charge in [-0.05, 0) is 31.0 Å². The Morgan fingerprint density at radius 2 is 2.13 bits per heavy atom. The molecule has 1 saturated carbocycles. The maximum Gasteiger partial charge on any atom is 0.123 e. The smallest absolute Gasteiger partial charge is 0.123 e. The number of halogens is 1. The number of nitrogens with zero attached hydrogens (tertiary/aromatic N) is 3. The van der Waals surface area contributed by atoms with E-state index >= 15 is 0 Å². The molecule has 0 saturated heterocycles. The first-order valence-electron chi connectivity index (χ1n) is 8.44. The van der Waals surface area contributed by atoms with Crippen molar-refractivity contribution >= 4 is 11.6 Å². The summed E-state index contributed by atoms with van der Waals surface area (Å²) < 4.78 is 8.25. The Hall–Kier alpha value is -1.52. The molecule has 0 N–H and O–H groups in total. The molecule has 0 bridgehead atoms. The molecule has 4 rings (SSSR count). The van der Waals surface area contributed by atoms with Crippen molar-refractivity contribution < 1.29 is 4.74 Å². The Labute approximate surface area is 142 Å². The summed E-state index contributed by atoms with van der Waals surface area (Å²) in [6.07, 6.45) is 9.26. The molecule has 4 nitrogen and oxygen atoms in total. The van der Waals surface area contributed by atoms with Gasteiger partial charge in [0, 0.05) is 42.5 Å². The minimum atomic E-state index is 0.637. The Kier molecular flexibility index (Phi) is 4.27. The van der Waals surface area contributed by atoms with Gasteiger partial charge in [0.25, 0.3) is 0 Å². The molecule has 1 aromatic heterocycles. The average Bonchev–Trinajstić information content (AvgIpc) is 3.16. The molecular formula is C18H22ClN3O. The fourth-order valence-corrected chi connectivity index (χ4v) is 3.94. The van der Waals surface area contributed by atoms with Crippen molar-refractivity contribution in [3.05, 3.63) is 47.0 Å². The van der Waals surface area contributed by atoms with Crippen molar-refractivity contribution in [3.63, 3.8) is 0 Å². The predicted octanol–water partition coefficient (Wildman–Crippen LogP) is 4.05. The van der Waals surface area contributed by atoms with E-state index in [9.17, 15) is 0 Å². The van der Waals surface area contributed by atoms with Crippen LogP contribution in [0.5, 0.6) is 5.75 Å². The zero-order valence-corrected chi connectivity index (χ0v) is 14.0. The molecule has 1 fully saturated rings. The van der Waals surface area contributed by atoms with Crippen LogP contribution >= 0.6 is 11.6 Å². The molecule has 1 aliphatic heterocycles. The zero-order chi connectivity index (χ0) is 15.6. The minimum absolute atomic E-state index is 0.637. The Balaban J connectivity index is 1.52. The number of fused-ring (bicyclic) bond motifs is 1. The summed E-state index contributed by atoms with van der Waals surface area (Å²) in [6, 6.07) is 6.52. The van der Waals surface area contributed by atoms with E-state index < -0.39 is 0 Å². The van der Waals surface area contributed by atoms with E-state index in [1.807, 2.05) is 30.7 Å². The molecule has 23 heavy (non-hydrogen) atoms. The summed E-state index contributed by atoms with van der Waals surface area (Å²) in [7, 11) is 0. The molecule has 0 radical (unpaired) electrons. The van der Waals surface area contributed by atoms with Gasteiger partial charge in [-0.15, -0.1) is 0 Å². The van der Waals surface area contributed by atoms with Crippen molar-refractivity contribution in [2.24, 2.45) is 0 Å². The summed E-state index contributed by atoms with van der Waals surface area (Å²) in [6.45, 7) is 3.41. The van der Waals surface area contributed by atoms with Gasteiger partial charge in [-0.3, -0.25) is 4.90 Å². The van der Waals surface area contributed by atoms with Gasteiger partial charge in [-0.25, -0.2) is 4.98 Å². The van der Waals surface area contributed by atoms with Crippen molar-refractivity contribution in [1.29, 1.82) is 0 Å². The van der Waals surface area contributed by atoms with E-state index in [1.54, 1.807) is 0 Å². The summed E-state index contributed by atoms with van der Waals surface area (Å²) in [5.41, 5.74) is 2.48. The van der Waals surface area contributed by atoms with Crippen LogP contribution in [0.15, 0.2) is 30.7 Å². The van der Waals surface area contributed by atoms with Crippen molar-refractivity contribution in [1.82, 2.24) is 14.5 Å². The third-order valence-corrected chi connectivity index (χ3v) is 5.17. The fraction of sp³-hybridized carbons (Fsp3) is 0.500. The van der Waals surface area contributed by atoms with Crippen LogP contribution < -0.4 is 4.74 Å². The molecule has 2 aromatic rings. The van der Waals surface area contributed by atoms with Crippen LogP contribution in [0.3, 0.4) is 0 Å². The second-order valence-electron chi connectivity index (χ2n) is 6.54. The first kappa shape index (κ1) is 15.0. The van der Waals surface area contributed by atoms with Gasteiger partial charge < -0.3 is 9.30 Å². The van der Waals surface area contributed by atoms with Gasteiger partial charge in [0.2, 0.25) is 0 Å². The zero-order valence-electron chi connectivity index (χ0n) is 13.2. The molecule has 1 aliphatic carbocycles. The number of benzene rings is 1. The quantitative estimate of drug-likeness (QED) is 0.850. The molecule has 0 unspecified atom stereocenters. The lowest BCUT2D eigenvalue weighted by Crippen LogP contribution is -2.26. The highest BCUT2D eigenvalue weighted by Crippen LogP contribution is 2.31. The third-order valence-electron chi connectivity index (χ3n) is 4.93. The van der Waals surface area contributed by atoms with Gasteiger partial charge in [0.05, 0.1) is 12.0 Å². The minimum Gasteiger partial charge on any atom is -0.492 e. The van der Waals surface area contributed by atoms with E-state index in [4.69, 9.17) is 16.3 Å². The molecule has 0 spiro atoms. The molecule has 5 heteroatoms. The number of hydrogen-bond acceptors (Lipinski definition) is 3. The lowest BCUT2D eigenvalue weighted by Gasteiger charge is -2.22. The lowest BCUT2D eigenvalue weighted by atomic mass is 10.2. The van der Waals surface area contributed by atoms with Crippen molar-refractivity contribution in [2.75, 3.05) is 13.2 Å². The van der Waals surface area contributed by atoms with E-state index in [0.717, 1.165) is 30.4 Å². The average molecular weight is 332 g/mol. The van der Waals surface area contributed by atoms with Crippen LogP contribution in [0.1, 0.15) is 43.0 Å². The largest absolute Gasteiger partial charge is 0.492 e. The Bertz CT molecular complexity index is 679. The second kappa shape index (κ2) is 6.54. The normalized spacial score (nSPS) is 19.3. The second-order valence-corrected chi connectivity index (χ2v) is 6.98. The summed E-state index contributed by atoms with van der Waals surface area (Å²) in [5.74, 6) is 0.959. The highest BCUT2D eigenvalue weighted by Gasteiger charge is 2.21. The highest BCUT2D eigenvalue weighted by atomic mass is 35.5. The van der Waals surface area contributed by atoms with Crippen LogP contribution in [-0.2, 0) is 13.1 Å². The lowest BCUT2D eigenvalue weighted by molar-refractivity contribution is 0.214. The first-order valence-corrected chi connectivity index (χ1v) is 8.82. The molecular weight excluding hydrogens is 310 g/mol. The van der Waals surface area contributed by atoms with E-state index in [2.05, 4.69) is 14.5 Å². The van der Waals surface area contributed by atoms with E-state index in [1.165, 1.54) is 36.9 Å². The van der Waals surface area contributed by atoms with Gasteiger partial charge in [0.1, 0.15) is 12.4 Å². The highest BCUT2D eigenvalue weighted by molar-refractivity contribution is 6.30. The van der Waals surface area contributed by atoms with Crippen molar-refractivity contribution in [3.8, 4) is 5.75 Å². The summed E-state index contributed by atoms with van der Waals surface area (Å²) >= 11 is 6.14. The van der Waals surface area contributed by atoms with Crippen LogP contribution in [0.2, 0.25) is 5.02 Å². The Morgan fingerprint density at radius 3 is 3.00 bits per heavy atom. The summed E-state index contributed by atoms with van der Waals surface area (Å²) in [5, 5.41) is 0.769. The SMILES string of the molecule is Clc1ccc2c(c1)CN(Cc1cncn1C1CCCC1)CCO2. The molecule has 0 amide bonds. The molecule has 2 heterocycles. The van der Waals surface area contributed by atoms with Gasteiger partial charge in [0.15, 0.2) is 0 Å². The van der Waals surface area contributed by atoms with Gasteiger partial charge >= 0.3 is 0 Å². The van der Waals surface area contributed by atoms with Crippen LogP contribution in [-0.4, -0.2) is 27.6 Å². The third kappa shape index (κ3) is 3.24. The van der Waals surface area contributed by atoms with Crippen LogP contribution in [0.25, 0.3) is 0 Å². The number of rotatable bonds is 3. The van der Waals surface area contributed by atoms with E-state index in [0.29, 0.717) is 12.6 Å². The fourth-order valence-electron chi connectivity index (χ4n) is 3.75. The van der Waals surface area contributed by atoms with Gasteiger partial charge in [-0.2, -0.15) is 0 Å². The maximum atomic E-state index is 6.14. The summed E-state index contributed by atoms with van der Waals surface area (Å²) in [4.78, 5) is 6.82. The number of hydrogen-bond donors (Lipinski definition) is 0. The Morgan fingerprint density at radius 1 is 1.26 bits per heavy atom. The monoisotopic (exact) mass is 331 g/mol. The molecule has 2 aliphatic rings. The number of ether oxygens (including phenoxy) is 1.